The molecular formula is C14H18ClN3O2. The van der Waals surface area contributed by atoms with Crippen LogP contribution in [0.25, 0.3) is 0 Å². The molecule has 1 unspecified atom stereocenters. The standard InChI is InChI=1S/C14H18ClN3O2/c1-4-18-14(12(20-3)8-17-18)13(16)10-7-9(15)5-6-11(10)19-2/h5-8,13H,4,16H2,1-3H3. The van der Waals surface area contributed by atoms with E-state index in [1.807, 2.05) is 11.6 Å². The van der Waals surface area contributed by atoms with E-state index in [1.54, 1.807) is 38.6 Å². The van der Waals surface area contributed by atoms with Crippen LogP contribution in [0, 0.1) is 0 Å². The summed E-state index contributed by atoms with van der Waals surface area (Å²) in [5.74, 6) is 1.34. The zero-order valence-electron chi connectivity index (χ0n) is 11.8. The zero-order chi connectivity index (χ0) is 14.7. The van der Waals surface area contributed by atoms with E-state index in [2.05, 4.69) is 5.10 Å². The topological polar surface area (TPSA) is 62.3 Å². The first-order chi connectivity index (χ1) is 9.62. The Labute approximate surface area is 123 Å². The van der Waals surface area contributed by atoms with Gasteiger partial charge in [0.05, 0.1) is 26.5 Å². The second kappa shape index (κ2) is 6.15. The first-order valence-corrected chi connectivity index (χ1v) is 6.68. The fourth-order valence-corrected chi connectivity index (χ4v) is 2.38. The number of nitrogens with zero attached hydrogens (tertiary/aromatic N) is 2. The third-order valence-corrected chi connectivity index (χ3v) is 3.42. The first-order valence-electron chi connectivity index (χ1n) is 6.31. The van der Waals surface area contributed by atoms with Gasteiger partial charge in [0.15, 0.2) is 5.75 Å². The van der Waals surface area contributed by atoms with Crippen molar-refractivity contribution in [2.45, 2.75) is 19.5 Å². The molecule has 0 saturated heterocycles. The van der Waals surface area contributed by atoms with Gasteiger partial charge in [-0.05, 0) is 25.1 Å². The molecule has 20 heavy (non-hydrogen) atoms. The first kappa shape index (κ1) is 14.7. The monoisotopic (exact) mass is 295 g/mol. The van der Waals surface area contributed by atoms with Gasteiger partial charge in [-0.3, -0.25) is 4.68 Å². The minimum atomic E-state index is -0.430. The Bertz CT molecular complexity index is 577. The van der Waals surface area contributed by atoms with E-state index in [-0.39, 0.29) is 0 Å². The van der Waals surface area contributed by atoms with E-state index >= 15 is 0 Å². The number of methoxy groups -OCH3 is 2. The van der Waals surface area contributed by atoms with Crippen molar-refractivity contribution in [3.8, 4) is 11.5 Å². The van der Waals surface area contributed by atoms with Crippen LogP contribution in [0.3, 0.4) is 0 Å². The molecule has 2 N–H and O–H groups in total. The second-order valence-electron chi connectivity index (χ2n) is 4.28. The van der Waals surface area contributed by atoms with Crippen LogP contribution in [-0.4, -0.2) is 24.0 Å². The van der Waals surface area contributed by atoms with E-state index < -0.39 is 6.04 Å². The van der Waals surface area contributed by atoms with Crippen LogP contribution >= 0.6 is 11.6 Å². The number of rotatable bonds is 5. The Morgan fingerprint density at radius 3 is 2.60 bits per heavy atom. The molecule has 108 valence electrons. The highest BCUT2D eigenvalue weighted by Gasteiger charge is 2.22. The SMILES string of the molecule is CCn1ncc(OC)c1C(N)c1cc(Cl)ccc1OC. The van der Waals surface area contributed by atoms with E-state index in [0.29, 0.717) is 23.1 Å². The summed E-state index contributed by atoms with van der Waals surface area (Å²) in [6, 6.07) is 4.94. The number of ether oxygens (including phenoxy) is 2. The van der Waals surface area contributed by atoms with E-state index in [0.717, 1.165) is 11.3 Å². The van der Waals surface area contributed by atoms with Crippen molar-refractivity contribution in [3.63, 3.8) is 0 Å². The van der Waals surface area contributed by atoms with Crippen molar-refractivity contribution in [1.29, 1.82) is 0 Å². The highest BCUT2D eigenvalue weighted by molar-refractivity contribution is 6.30. The zero-order valence-corrected chi connectivity index (χ0v) is 12.5. The molecular weight excluding hydrogens is 278 g/mol. The molecule has 1 heterocycles. The fourth-order valence-electron chi connectivity index (χ4n) is 2.20. The lowest BCUT2D eigenvalue weighted by atomic mass is 10.0. The molecule has 6 heteroatoms. The van der Waals surface area contributed by atoms with E-state index in [9.17, 15) is 0 Å². The number of benzene rings is 1. The van der Waals surface area contributed by atoms with Crippen LogP contribution in [0.4, 0.5) is 0 Å². The summed E-state index contributed by atoms with van der Waals surface area (Å²) in [7, 11) is 3.20. The van der Waals surface area contributed by atoms with Gasteiger partial charge in [-0.15, -0.1) is 0 Å². The third kappa shape index (κ3) is 2.59. The summed E-state index contributed by atoms with van der Waals surface area (Å²) in [6.07, 6.45) is 1.66. The average molecular weight is 296 g/mol. The minimum Gasteiger partial charge on any atom is -0.496 e. The van der Waals surface area contributed by atoms with Crippen LogP contribution < -0.4 is 15.2 Å². The smallest absolute Gasteiger partial charge is 0.161 e. The van der Waals surface area contributed by atoms with Gasteiger partial charge >= 0.3 is 0 Å². The molecule has 0 bridgehead atoms. The number of nitrogens with two attached hydrogens (primary N) is 1. The Morgan fingerprint density at radius 2 is 2.00 bits per heavy atom. The highest BCUT2D eigenvalue weighted by Crippen LogP contribution is 2.34. The average Bonchev–Trinajstić information content (AvgIpc) is 2.89. The van der Waals surface area contributed by atoms with Crippen LogP contribution in [-0.2, 0) is 6.54 Å². The maximum absolute atomic E-state index is 6.38. The predicted octanol–water partition coefficient (Wildman–Crippen LogP) is 2.62. The quantitative estimate of drug-likeness (QED) is 0.921. The third-order valence-electron chi connectivity index (χ3n) is 3.19. The summed E-state index contributed by atoms with van der Waals surface area (Å²) < 4.78 is 12.5. The molecule has 1 aromatic carbocycles. The molecule has 1 atom stereocenters. The summed E-state index contributed by atoms with van der Waals surface area (Å²) >= 11 is 6.06. The summed E-state index contributed by atoms with van der Waals surface area (Å²) in [4.78, 5) is 0. The van der Waals surface area contributed by atoms with Crippen LogP contribution in [0.2, 0.25) is 5.02 Å². The second-order valence-corrected chi connectivity index (χ2v) is 4.71. The molecule has 0 saturated carbocycles. The van der Waals surface area contributed by atoms with Crippen molar-refractivity contribution >= 4 is 11.6 Å². The van der Waals surface area contributed by atoms with E-state index in [4.69, 9.17) is 26.8 Å². The number of halogens is 1. The van der Waals surface area contributed by atoms with Gasteiger partial charge in [0.2, 0.25) is 0 Å². The molecule has 0 amide bonds. The highest BCUT2D eigenvalue weighted by atomic mass is 35.5. The van der Waals surface area contributed by atoms with Gasteiger partial charge in [0.25, 0.3) is 0 Å². The normalized spacial score (nSPS) is 12.2. The van der Waals surface area contributed by atoms with Crippen molar-refractivity contribution in [1.82, 2.24) is 9.78 Å². The van der Waals surface area contributed by atoms with Gasteiger partial charge in [-0.2, -0.15) is 5.10 Å². The van der Waals surface area contributed by atoms with E-state index in [1.165, 1.54) is 0 Å². The van der Waals surface area contributed by atoms with Gasteiger partial charge in [-0.1, -0.05) is 11.6 Å². The van der Waals surface area contributed by atoms with Crippen molar-refractivity contribution in [2.24, 2.45) is 5.73 Å². The van der Waals surface area contributed by atoms with Crippen molar-refractivity contribution in [3.05, 3.63) is 40.7 Å². The molecule has 0 radical (unpaired) electrons. The maximum Gasteiger partial charge on any atom is 0.161 e. The number of hydrogen-bond donors (Lipinski definition) is 1. The van der Waals surface area contributed by atoms with Crippen LogP contribution in [0.1, 0.15) is 24.2 Å². The lowest BCUT2D eigenvalue weighted by molar-refractivity contribution is 0.397. The summed E-state index contributed by atoms with van der Waals surface area (Å²) in [5, 5.41) is 4.88. The summed E-state index contributed by atoms with van der Waals surface area (Å²) in [6.45, 7) is 2.70. The van der Waals surface area contributed by atoms with Gasteiger partial charge < -0.3 is 15.2 Å². The number of aromatic nitrogens is 2. The number of hydrogen-bond acceptors (Lipinski definition) is 4. The van der Waals surface area contributed by atoms with Crippen molar-refractivity contribution < 1.29 is 9.47 Å². The summed E-state index contributed by atoms with van der Waals surface area (Å²) in [5.41, 5.74) is 7.98. The Hall–Kier alpha value is -1.72. The minimum absolute atomic E-state index is 0.430. The molecule has 0 aliphatic rings. The number of aryl methyl sites for hydroxylation is 1. The Morgan fingerprint density at radius 1 is 1.30 bits per heavy atom. The molecule has 2 rings (SSSR count). The molecule has 0 spiro atoms. The molecule has 5 nitrogen and oxygen atoms in total. The molecule has 0 aliphatic carbocycles. The van der Waals surface area contributed by atoms with Crippen LogP contribution in [0.15, 0.2) is 24.4 Å². The lowest BCUT2D eigenvalue weighted by Gasteiger charge is -2.18. The van der Waals surface area contributed by atoms with Crippen molar-refractivity contribution in [2.75, 3.05) is 14.2 Å². The lowest BCUT2D eigenvalue weighted by Crippen LogP contribution is -2.18. The Kier molecular flexibility index (Phi) is 4.52. The van der Waals surface area contributed by atoms with Gasteiger partial charge in [-0.25, -0.2) is 0 Å². The molecule has 1 aromatic heterocycles. The van der Waals surface area contributed by atoms with Gasteiger partial charge in [0.1, 0.15) is 11.4 Å². The molecule has 0 aliphatic heterocycles. The van der Waals surface area contributed by atoms with Gasteiger partial charge in [0, 0.05) is 17.1 Å². The molecule has 2 aromatic rings. The fraction of sp³-hybridized carbons (Fsp3) is 0.357. The Balaban J connectivity index is 2.53. The largest absolute Gasteiger partial charge is 0.496 e. The maximum atomic E-state index is 6.38. The predicted molar refractivity (Wildman–Crippen MR) is 78.5 cm³/mol. The van der Waals surface area contributed by atoms with Crippen LogP contribution in [0.5, 0.6) is 11.5 Å². The molecule has 0 fully saturated rings.